The van der Waals surface area contributed by atoms with Crippen LogP contribution in [0.1, 0.15) is 19.3 Å². The van der Waals surface area contributed by atoms with Crippen LogP contribution in [0.25, 0.3) is 0 Å². The Morgan fingerprint density at radius 1 is 1.46 bits per heavy atom. The lowest BCUT2D eigenvalue weighted by atomic mass is 10.1. The van der Waals surface area contributed by atoms with Crippen molar-refractivity contribution < 1.29 is 8.42 Å². The normalized spacial score (nSPS) is 14.4. The molecule has 80 valence electrons. The van der Waals surface area contributed by atoms with Gasteiger partial charge < -0.3 is 0 Å². The van der Waals surface area contributed by atoms with E-state index in [0.29, 0.717) is 12.3 Å². The molecular weight excluding hydrogens is 212 g/mol. The Hall–Kier alpha value is 0.160. The van der Waals surface area contributed by atoms with Crippen molar-refractivity contribution >= 4 is 21.4 Å². The van der Waals surface area contributed by atoms with Gasteiger partial charge in [0, 0.05) is 18.2 Å². The van der Waals surface area contributed by atoms with E-state index in [1.165, 1.54) is 6.26 Å². The molecule has 0 aromatic heterocycles. The molecule has 0 rings (SSSR count). The van der Waals surface area contributed by atoms with Gasteiger partial charge >= 0.3 is 0 Å². The number of hydrogen-bond donors (Lipinski definition) is 2. The monoisotopic (exact) mass is 228 g/mol. The number of alkyl halides is 1. The summed E-state index contributed by atoms with van der Waals surface area (Å²) >= 11 is 5.51. The minimum Gasteiger partial charge on any atom is -0.271 e. The number of nitrogens with one attached hydrogen (secondary N) is 1. The van der Waals surface area contributed by atoms with Crippen molar-refractivity contribution in [2.45, 2.75) is 25.3 Å². The summed E-state index contributed by atoms with van der Waals surface area (Å²) in [6.45, 7) is 0. The molecule has 0 radical (unpaired) electrons. The number of sulfone groups is 1. The molecule has 0 aromatic carbocycles. The van der Waals surface area contributed by atoms with Crippen LogP contribution in [0.3, 0.4) is 0 Å². The van der Waals surface area contributed by atoms with Crippen LogP contribution in [0.15, 0.2) is 0 Å². The molecule has 0 aromatic rings. The van der Waals surface area contributed by atoms with Crippen molar-refractivity contribution in [2.24, 2.45) is 5.84 Å². The van der Waals surface area contributed by atoms with Gasteiger partial charge in [0.1, 0.15) is 9.84 Å². The van der Waals surface area contributed by atoms with Gasteiger partial charge in [-0.1, -0.05) is 0 Å². The largest absolute Gasteiger partial charge is 0.271 e. The van der Waals surface area contributed by atoms with Gasteiger partial charge in [0.25, 0.3) is 0 Å². The van der Waals surface area contributed by atoms with E-state index in [0.717, 1.165) is 12.8 Å². The maximum absolute atomic E-state index is 10.8. The Kier molecular flexibility index (Phi) is 6.67. The Morgan fingerprint density at radius 3 is 2.46 bits per heavy atom. The lowest BCUT2D eigenvalue weighted by molar-refractivity contribution is 0.475. The number of rotatable bonds is 7. The number of hydrazine groups is 1. The summed E-state index contributed by atoms with van der Waals surface area (Å²) in [7, 11) is -2.88. The van der Waals surface area contributed by atoms with E-state index in [2.05, 4.69) is 5.43 Å². The highest BCUT2D eigenvalue weighted by molar-refractivity contribution is 7.90. The second-order valence-corrected chi connectivity index (χ2v) is 5.75. The van der Waals surface area contributed by atoms with E-state index in [1.807, 2.05) is 0 Å². The topological polar surface area (TPSA) is 72.2 Å². The fourth-order valence-corrected chi connectivity index (χ4v) is 1.86. The zero-order chi connectivity index (χ0) is 10.3. The summed E-state index contributed by atoms with van der Waals surface area (Å²) in [4.78, 5) is 0. The molecule has 0 amide bonds. The Labute approximate surface area is 84.7 Å². The zero-order valence-electron chi connectivity index (χ0n) is 7.79. The molecule has 0 spiro atoms. The molecule has 0 heterocycles. The Balaban J connectivity index is 3.72. The predicted octanol–water partition coefficient (Wildman–Crippen LogP) is 0.272. The minimum atomic E-state index is -2.88. The van der Waals surface area contributed by atoms with Gasteiger partial charge in [-0.05, 0) is 19.3 Å². The molecule has 0 saturated heterocycles. The number of halogens is 1. The minimum absolute atomic E-state index is 0.0495. The highest BCUT2D eigenvalue weighted by Gasteiger charge is 2.09. The molecule has 6 heteroatoms. The molecule has 1 unspecified atom stereocenters. The van der Waals surface area contributed by atoms with Gasteiger partial charge in [-0.2, -0.15) is 0 Å². The predicted molar refractivity (Wildman–Crippen MR) is 55.4 cm³/mol. The third-order valence-electron chi connectivity index (χ3n) is 1.76. The lowest BCUT2D eigenvalue weighted by Crippen LogP contribution is -2.36. The highest BCUT2D eigenvalue weighted by Crippen LogP contribution is 2.03. The molecule has 0 saturated carbocycles. The van der Waals surface area contributed by atoms with Gasteiger partial charge in [-0.25, -0.2) is 8.42 Å². The highest BCUT2D eigenvalue weighted by atomic mass is 35.5. The van der Waals surface area contributed by atoms with E-state index in [4.69, 9.17) is 17.4 Å². The van der Waals surface area contributed by atoms with Crippen molar-refractivity contribution in [3.8, 4) is 0 Å². The zero-order valence-corrected chi connectivity index (χ0v) is 9.37. The molecule has 1 atom stereocenters. The maximum atomic E-state index is 10.8. The molecule has 0 aliphatic rings. The van der Waals surface area contributed by atoms with Crippen LogP contribution in [0.5, 0.6) is 0 Å². The second kappa shape index (κ2) is 6.59. The lowest BCUT2D eigenvalue weighted by Gasteiger charge is -2.13. The Morgan fingerprint density at radius 2 is 2.08 bits per heavy atom. The van der Waals surface area contributed by atoms with Gasteiger partial charge in [0.2, 0.25) is 0 Å². The van der Waals surface area contributed by atoms with Crippen molar-refractivity contribution in [1.82, 2.24) is 5.43 Å². The quantitative estimate of drug-likeness (QED) is 0.373. The average molecular weight is 229 g/mol. The first-order valence-electron chi connectivity index (χ1n) is 4.19. The third-order valence-corrected chi connectivity index (χ3v) is 3.00. The van der Waals surface area contributed by atoms with Crippen LogP contribution in [0.4, 0.5) is 0 Å². The second-order valence-electron chi connectivity index (χ2n) is 3.11. The molecule has 0 aliphatic heterocycles. The molecule has 0 aliphatic carbocycles. The van der Waals surface area contributed by atoms with Crippen molar-refractivity contribution in [1.29, 1.82) is 0 Å². The van der Waals surface area contributed by atoms with Crippen molar-refractivity contribution in [2.75, 3.05) is 17.9 Å². The summed E-state index contributed by atoms with van der Waals surface area (Å²) in [5.74, 6) is 6.01. The standard InChI is InChI=1S/C7H17ClN2O2S/c1-13(11,12)6-4-7(10-9)3-2-5-8/h7,10H,2-6,9H2,1H3. The number of hydrogen-bond acceptors (Lipinski definition) is 4. The summed E-state index contributed by atoms with van der Waals surface area (Å²) < 4.78 is 21.7. The van der Waals surface area contributed by atoms with Crippen LogP contribution in [0.2, 0.25) is 0 Å². The van der Waals surface area contributed by atoms with Gasteiger partial charge in [0.05, 0.1) is 5.75 Å². The summed E-state index contributed by atoms with van der Waals surface area (Å²) in [5.41, 5.74) is 2.59. The SMILES string of the molecule is CS(=O)(=O)CCC(CCCCl)NN. The average Bonchev–Trinajstić information content (AvgIpc) is 2.03. The maximum Gasteiger partial charge on any atom is 0.147 e. The molecule has 0 bridgehead atoms. The third kappa shape index (κ3) is 8.49. The first kappa shape index (κ1) is 13.2. The summed E-state index contributed by atoms with van der Waals surface area (Å²) in [5, 5.41) is 0. The Bertz CT molecular complexity index is 219. The molecule has 3 N–H and O–H groups in total. The van der Waals surface area contributed by atoms with Crippen LogP contribution < -0.4 is 11.3 Å². The van der Waals surface area contributed by atoms with Crippen molar-refractivity contribution in [3.63, 3.8) is 0 Å². The summed E-state index contributed by atoms with van der Waals surface area (Å²) in [6.07, 6.45) is 3.43. The van der Waals surface area contributed by atoms with E-state index >= 15 is 0 Å². The fourth-order valence-electron chi connectivity index (χ4n) is 0.991. The van der Waals surface area contributed by atoms with Crippen LogP contribution in [0, 0.1) is 0 Å². The van der Waals surface area contributed by atoms with Gasteiger partial charge in [0.15, 0.2) is 0 Å². The summed E-state index contributed by atoms with van der Waals surface area (Å²) in [6, 6.07) is 0.0495. The molecule has 4 nitrogen and oxygen atoms in total. The molecular formula is C7H17ClN2O2S. The van der Waals surface area contributed by atoms with Gasteiger partial charge in [-0.3, -0.25) is 11.3 Å². The van der Waals surface area contributed by atoms with Crippen molar-refractivity contribution in [3.05, 3.63) is 0 Å². The number of nitrogens with two attached hydrogens (primary N) is 1. The van der Waals surface area contributed by atoms with E-state index < -0.39 is 9.84 Å². The molecule has 0 fully saturated rings. The van der Waals surface area contributed by atoms with Crippen LogP contribution in [-0.2, 0) is 9.84 Å². The van der Waals surface area contributed by atoms with E-state index in [1.54, 1.807) is 0 Å². The van der Waals surface area contributed by atoms with Crippen LogP contribution in [-0.4, -0.2) is 32.3 Å². The first-order chi connectivity index (χ1) is 5.99. The first-order valence-corrected chi connectivity index (χ1v) is 6.79. The van der Waals surface area contributed by atoms with E-state index in [-0.39, 0.29) is 11.8 Å². The van der Waals surface area contributed by atoms with E-state index in [9.17, 15) is 8.42 Å². The van der Waals surface area contributed by atoms with Gasteiger partial charge in [-0.15, -0.1) is 11.6 Å². The fraction of sp³-hybridized carbons (Fsp3) is 1.00. The van der Waals surface area contributed by atoms with Crippen LogP contribution >= 0.6 is 11.6 Å². The smallest absolute Gasteiger partial charge is 0.147 e. The molecule has 13 heavy (non-hydrogen) atoms.